The van der Waals surface area contributed by atoms with Gasteiger partial charge in [-0.3, -0.25) is 4.79 Å². The number of Topliss-reactive ketones (excluding diaryl/α,β-unsaturated/α-hetero) is 1. The van der Waals surface area contributed by atoms with Crippen LogP contribution in [0.1, 0.15) is 31.4 Å². The fourth-order valence-corrected chi connectivity index (χ4v) is 3.78. The number of hydrogen-bond acceptors (Lipinski definition) is 5. The monoisotopic (exact) mass is 520 g/mol. The molecule has 1 saturated heterocycles. The van der Waals surface area contributed by atoms with Gasteiger partial charge in [-0.15, -0.1) is 0 Å². The summed E-state index contributed by atoms with van der Waals surface area (Å²) < 4.78 is 71.4. The lowest BCUT2D eigenvalue weighted by atomic mass is 9.97. The molecule has 0 atom stereocenters. The average Bonchev–Trinajstić information content (AvgIpc) is 2.81. The van der Waals surface area contributed by atoms with Crippen molar-refractivity contribution in [1.82, 2.24) is 0 Å². The predicted molar refractivity (Wildman–Crippen MR) is 128 cm³/mol. The SMILES string of the molecule is CCOC1=CC(c2ccc(NC(=O)Nc3ccc(OC4(C)COC4)c(C(F)(F)F)c3)c(F)c2)=CCC1=O. The van der Waals surface area contributed by atoms with Crippen molar-refractivity contribution in [1.29, 1.82) is 0 Å². The molecule has 11 heteroatoms. The molecular weight excluding hydrogens is 496 g/mol. The second-order valence-electron chi connectivity index (χ2n) is 8.76. The maximum Gasteiger partial charge on any atom is 0.420 e. The van der Waals surface area contributed by atoms with E-state index in [1.807, 2.05) is 0 Å². The van der Waals surface area contributed by atoms with Gasteiger partial charge >= 0.3 is 12.2 Å². The highest BCUT2D eigenvalue weighted by molar-refractivity contribution is 6.02. The van der Waals surface area contributed by atoms with Crippen molar-refractivity contribution in [3.8, 4) is 5.75 Å². The molecule has 2 aromatic carbocycles. The Morgan fingerprint density at radius 2 is 1.89 bits per heavy atom. The van der Waals surface area contributed by atoms with Crippen LogP contribution in [-0.2, 0) is 20.4 Å². The van der Waals surface area contributed by atoms with Gasteiger partial charge in [0.1, 0.15) is 11.6 Å². The van der Waals surface area contributed by atoms with Crippen molar-refractivity contribution in [3.05, 3.63) is 71.3 Å². The second-order valence-corrected chi connectivity index (χ2v) is 8.76. The number of benzene rings is 2. The molecule has 1 aliphatic heterocycles. The molecule has 0 spiro atoms. The Bertz CT molecular complexity index is 1280. The summed E-state index contributed by atoms with van der Waals surface area (Å²) in [6, 6.07) is 6.21. The molecule has 2 aromatic rings. The van der Waals surface area contributed by atoms with Crippen LogP contribution in [0.3, 0.4) is 0 Å². The number of allylic oxidation sites excluding steroid dienone is 4. The maximum absolute atomic E-state index is 14.7. The minimum atomic E-state index is -4.73. The van der Waals surface area contributed by atoms with Gasteiger partial charge in [0, 0.05) is 12.1 Å². The van der Waals surface area contributed by atoms with Crippen LogP contribution in [0.5, 0.6) is 5.75 Å². The molecule has 0 saturated carbocycles. The van der Waals surface area contributed by atoms with E-state index in [1.54, 1.807) is 26.0 Å². The van der Waals surface area contributed by atoms with Crippen LogP contribution in [0.4, 0.5) is 33.7 Å². The number of carbonyl (C=O) groups is 2. The van der Waals surface area contributed by atoms with E-state index >= 15 is 0 Å². The van der Waals surface area contributed by atoms with E-state index in [4.69, 9.17) is 14.2 Å². The number of alkyl halides is 3. The van der Waals surface area contributed by atoms with E-state index in [9.17, 15) is 27.2 Å². The summed E-state index contributed by atoms with van der Waals surface area (Å²) >= 11 is 0. The van der Waals surface area contributed by atoms with E-state index in [2.05, 4.69) is 10.6 Å². The molecule has 196 valence electrons. The largest absolute Gasteiger partial charge is 0.490 e. The number of urea groups is 1. The molecule has 2 N–H and O–H groups in total. The number of ether oxygens (including phenoxy) is 3. The van der Waals surface area contributed by atoms with Crippen molar-refractivity contribution >= 4 is 28.8 Å². The highest BCUT2D eigenvalue weighted by atomic mass is 19.4. The normalized spacial score (nSPS) is 16.8. The number of halogens is 4. The molecule has 1 heterocycles. The lowest BCUT2D eigenvalue weighted by Crippen LogP contribution is -2.51. The zero-order valence-corrected chi connectivity index (χ0v) is 20.0. The van der Waals surface area contributed by atoms with Crippen molar-refractivity contribution < 1.29 is 41.4 Å². The number of rotatable bonds is 7. The number of ketones is 1. The van der Waals surface area contributed by atoms with Gasteiger partial charge in [-0.05, 0) is 61.4 Å². The lowest BCUT2D eigenvalue weighted by Gasteiger charge is -2.38. The third-order valence-electron chi connectivity index (χ3n) is 5.63. The second kappa shape index (κ2) is 10.3. The molecule has 1 aliphatic carbocycles. The quantitative estimate of drug-likeness (QED) is 0.442. The number of carbonyl (C=O) groups excluding carboxylic acids is 2. The molecule has 7 nitrogen and oxygen atoms in total. The van der Waals surface area contributed by atoms with Crippen molar-refractivity contribution in [3.63, 3.8) is 0 Å². The van der Waals surface area contributed by atoms with Crippen LogP contribution < -0.4 is 15.4 Å². The smallest absolute Gasteiger partial charge is 0.420 e. The molecule has 2 aliphatic rings. The third kappa shape index (κ3) is 6.11. The van der Waals surface area contributed by atoms with E-state index < -0.39 is 29.2 Å². The van der Waals surface area contributed by atoms with Crippen molar-refractivity contribution in [2.45, 2.75) is 32.0 Å². The molecule has 0 bridgehead atoms. The molecule has 37 heavy (non-hydrogen) atoms. The zero-order chi connectivity index (χ0) is 26.8. The van der Waals surface area contributed by atoms with Crippen LogP contribution >= 0.6 is 0 Å². The van der Waals surface area contributed by atoms with Crippen molar-refractivity contribution in [2.24, 2.45) is 0 Å². The highest BCUT2D eigenvalue weighted by Gasteiger charge is 2.40. The summed E-state index contributed by atoms with van der Waals surface area (Å²) in [4.78, 5) is 24.3. The number of anilines is 2. The number of amides is 2. The topological polar surface area (TPSA) is 85.9 Å². The molecule has 0 unspecified atom stereocenters. The Morgan fingerprint density at radius 3 is 2.51 bits per heavy atom. The Kier molecular flexibility index (Phi) is 7.26. The third-order valence-corrected chi connectivity index (χ3v) is 5.63. The standard InChI is InChI=1S/C26H24F4N2O5/c1-3-36-23-11-16(5-8-21(23)33)15-4-7-20(19(27)10-15)32-24(34)31-17-6-9-22(18(12-17)26(28,29)30)37-25(2)13-35-14-25/h4-7,9-12H,3,8,13-14H2,1-2H3,(H2,31,32,34). The van der Waals surface area contributed by atoms with Gasteiger partial charge in [-0.1, -0.05) is 12.1 Å². The lowest BCUT2D eigenvalue weighted by molar-refractivity contribution is -0.160. The molecule has 4 rings (SSSR count). The summed E-state index contributed by atoms with van der Waals surface area (Å²) in [6.45, 7) is 4.02. The van der Waals surface area contributed by atoms with E-state index in [1.165, 1.54) is 24.3 Å². The summed E-state index contributed by atoms with van der Waals surface area (Å²) in [5, 5.41) is 4.57. The summed E-state index contributed by atoms with van der Waals surface area (Å²) in [5.41, 5.74) is -1.22. The minimum Gasteiger partial charge on any atom is -0.490 e. The van der Waals surface area contributed by atoms with Crippen LogP contribution in [-0.4, -0.2) is 37.2 Å². The van der Waals surface area contributed by atoms with Crippen LogP contribution in [0, 0.1) is 5.82 Å². The molecule has 0 aromatic heterocycles. The fourth-order valence-electron chi connectivity index (χ4n) is 3.78. The molecule has 0 radical (unpaired) electrons. The maximum atomic E-state index is 14.7. The van der Waals surface area contributed by atoms with Gasteiger partial charge < -0.3 is 24.8 Å². The summed E-state index contributed by atoms with van der Waals surface area (Å²) in [6.07, 6.45) is -1.46. The minimum absolute atomic E-state index is 0.113. The van der Waals surface area contributed by atoms with Gasteiger partial charge in [-0.2, -0.15) is 13.2 Å². The Hall–Kier alpha value is -3.86. The molecule has 1 fully saturated rings. The molecular formula is C26H24F4N2O5. The summed E-state index contributed by atoms with van der Waals surface area (Å²) in [7, 11) is 0. The number of nitrogens with one attached hydrogen (secondary N) is 2. The van der Waals surface area contributed by atoms with Crippen LogP contribution in [0.2, 0.25) is 0 Å². The Labute approximate surface area is 210 Å². The van der Waals surface area contributed by atoms with E-state index in [-0.39, 0.29) is 48.3 Å². The fraction of sp³-hybridized carbons (Fsp3) is 0.308. The summed E-state index contributed by atoms with van der Waals surface area (Å²) in [5.74, 6) is -1.15. The first-order valence-corrected chi connectivity index (χ1v) is 11.4. The van der Waals surface area contributed by atoms with Crippen LogP contribution in [0.15, 0.2) is 54.3 Å². The van der Waals surface area contributed by atoms with Gasteiger partial charge in [-0.25, -0.2) is 9.18 Å². The Morgan fingerprint density at radius 1 is 1.14 bits per heavy atom. The van der Waals surface area contributed by atoms with Gasteiger partial charge in [0.15, 0.2) is 11.4 Å². The van der Waals surface area contributed by atoms with Gasteiger partial charge in [0.2, 0.25) is 5.78 Å². The van der Waals surface area contributed by atoms with Gasteiger partial charge in [0.05, 0.1) is 31.1 Å². The van der Waals surface area contributed by atoms with E-state index in [0.717, 1.165) is 12.1 Å². The van der Waals surface area contributed by atoms with Crippen molar-refractivity contribution in [2.75, 3.05) is 30.5 Å². The first kappa shape index (κ1) is 26.2. The average molecular weight is 520 g/mol. The van der Waals surface area contributed by atoms with Crippen LogP contribution in [0.25, 0.3) is 5.57 Å². The van der Waals surface area contributed by atoms with E-state index in [0.29, 0.717) is 17.7 Å². The zero-order valence-electron chi connectivity index (χ0n) is 20.0. The number of hydrogen-bond donors (Lipinski definition) is 2. The first-order valence-electron chi connectivity index (χ1n) is 11.4. The van der Waals surface area contributed by atoms with Gasteiger partial charge in [0.25, 0.3) is 0 Å². The first-order chi connectivity index (χ1) is 17.5. The Balaban J connectivity index is 1.46. The molecule has 2 amide bonds. The highest BCUT2D eigenvalue weighted by Crippen LogP contribution is 2.40. The predicted octanol–water partition coefficient (Wildman–Crippen LogP) is 5.93.